The number of alkyl halides is 3. The van der Waals surface area contributed by atoms with Crippen LogP contribution in [0.4, 0.5) is 13.2 Å². The van der Waals surface area contributed by atoms with Gasteiger partial charge >= 0.3 is 6.18 Å². The summed E-state index contributed by atoms with van der Waals surface area (Å²) in [5.41, 5.74) is -0.192. The van der Waals surface area contributed by atoms with Crippen LogP contribution in [0.5, 0.6) is 0 Å². The maximum absolute atomic E-state index is 12.3. The maximum Gasteiger partial charge on any atom is 0.433 e. The minimum atomic E-state index is -4.31. The fourth-order valence-corrected chi connectivity index (χ4v) is 1.31. The highest BCUT2D eigenvalue weighted by atomic mass is 19.4. The molecule has 0 N–H and O–H groups in total. The van der Waals surface area contributed by atoms with E-state index in [1.165, 1.54) is 7.05 Å². The van der Waals surface area contributed by atoms with Crippen molar-refractivity contribution in [2.24, 2.45) is 13.0 Å². The van der Waals surface area contributed by atoms with Gasteiger partial charge in [-0.25, -0.2) is 0 Å². The van der Waals surface area contributed by atoms with E-state index in [4.69, 9.17) is 0 Å². The minimum absolute atomic E-state index is 0.311. The second-order valence-corrected chi connectivity index (χ2v) is 3.74. The highest BCUT2D eigenvalue weighted by Gasteiger charge is 2.34. The summed E-state index contributed by atoms with van der Waals surface area (Å²) >= 11 is 0. The lowest BCUT2D eigenvalue weighted by Gasteiger charge is -2.04. The lowest BCUT2D eigenvalue weighted by molar-refractivity contribution is -0.143. The van der Waals surface area contributed by atoms with E-state index in [2.05, 4.69) is 5.10 Å². The van der Waals surface area contributed by atoms with E-state index >= 15 is 0 Å². The SMILES string of the molecule is CC(C)Cc1cc(C(F)(F)F)n(C)n1. The van der Waals surface area contributed by atoms with E-state index in [0.717, 1.165) is 10.7 Å². The van der Waals surface area contributed by atoms with Crippen LogP contribution in [-0.2, 0) is 19.6 Å². The Morgan fingerprint density at radius 3 is 2.36 bits per heavy atom. The van der Waals surface area contributed by atoms with Crippen molar-refractivity contribution in [1.82, 2.24) is 9.78 Å². The van der Waals surface area contributed by atoms with Gasteiger partial charge in [-0.1, -0.05) is 13.8 Å². The molecule has 0 aromatic carbocycles. The van der Waals surface area contributed by atoms with Crippen LogP contribution in [0.25, 0.3) is 0 Å². The van der Waals surface area contributed by atoms with Crippen LogP contribution in [0.15, 0.2) is 6.07 Å². The first-order chi connectivity index (χ1) is 6.30. The Bertz CT molecular complexity index is 312. The number of rotatable bonds is 2. The molecular weight excluding hydrogens is 193 g/mol. The first kappa shape index (κ1) is 11.1. The van der Waals surface area contributed by atoms with E-state index in [9.17, 15) is 13.2 Å². The molecule has 0 spiro atoms. The summed E-state index contributed by atoms with van der Waals surface area (Å²) in [5, 5.41) is 3.81. The molecule has 1 aromatic heterocycles. The fraction of sp³-hybridized carbons (Fsp3) is 0.667. The van der Waals surface area contributed by atoms with Gasteiger partial charge in [0.1, 0.15) is 5.69 Å². The van der Waals surface area contributed by atoms with Gasteiger partial charge in [-0.2, -0.15) is 18.3 Å². The molecule has 1 aromatic rings. The van der Waals surface area contributed by atoms with Gasteiger partial charge in [0.15, 0.2) is 0 Å². The molecule has 0 amide bonds. The normalized spacial score (nSPS) is 12.5. The van der Waals surface area contributed by atoms with Crippen LogP contribution in [0, 0.1) is 5.92 Å². The van der Waals surface area contributed by atoms with E-state index in [-0.39, 0.29) is 0 Å². The summed E-state index contributed by atoms with van der Waals surface area (Å²) < 4.78 is 37.9. The quantitative estimate of drug-likeness (QED) is 0.727. The monoisotopic (exact) mass is 206 g/mol. The van der Waals surface area contributed by atoms with E-state index < -0.39 is 11.9 Å². The third-order valence-corrected chi connectivity index (χ3v) is 1.84. The van der Waals surface area contributed by atoms with Gasteiger partial charge in [0, 0.05) is 7.05 Å². The van der Waals surface area contributed by atoms with E-state index in [1.807, 2.05) is 13.8 Å². The van der Waals surface area contributed by atoms with Crippen LogP contribution in [-0.4, -0.2) is 9.78 Å². The molecule has 0 saturated heterocycles. The van der Waals surface area contributed by atoms with Crippen LogP contribution in [0.2, 0.25) is 0 Å². The Morgan fingerprint density at radius 2 is 2.00 bits per heavy atom. The first-order valence-electron chi connectivity index (χ1n) is 4.41. The number of aromatic nitrogens is 2. The molecule has 1 heterocycles. The smallest absolute Gasteiger partial charge is 0.263 e. The third kappa shape index (κ3) is 2.49. The molecule has 0 saturated carbocycles. The zero-order chi connectivity index (χ0) is 10.9. The summed E-state index contributed by atoms with van der Waals surface area (Å²) in [5.74, 6) is 0.311. The van der Waals surface area contributed by atoms with Crippen molar-refractivity contribution in [3.05, 3.63) is 17.5 Å². The van der Waals surface area contributed by atoms with Crippen molar-refractivity contribution in [3.8, 4) is 0 Å². The van der Waals surface area contributed by atoms with E-state index in [1.54, 1.807) is 0 Å². The number of hydrogen-bond acceptors (Lipinski definition) is 1. The summed E-state index contributed by atoms with van der Waals surface area (Å²) in [7, 11) is 1.31. The molecule has 0 aliphatic carbocycles. The van der Waals surface area contributed by atoms with Crippen molar-refractivity contribution < 1.29 is 13.2 Å². The molecule has 1 rings (SSSR count). The first-order valence-corrected chi connectivity index (χ1v) is 4.41. The maximum atomic E-state index is 12.3. The Morgan fingerprint density at radius 1 is 1.43 bits per heavy atom. The third-order valence-electron chi connectivity index (χ3n) is 1.84. The molecule has 0 unspecified atom stereocenters. The second-order valence-electron chi connectivity index (χ2n) is 3.74. The lowest BCUT2D eigenvalue weighted by atomic mass is 10.1. The minimum Gasteiger partial charge on any atom is -0.263 e. The molecule has 0 aliphatic rings. The molecular formula is C9H13F3N2. The van der Waals surface area contributed by atoms with Crippen molar-refractivity contribution >= 4 is 0 Å². The van der Waals surface area contributed by atoms with Gasteiger partial charge in [0.2, 0.25) is 0 Å². The number of aryl methyl sites for hydroxylation is 1. The highest BCUT2D eigenvalue weighted by molar-refractivity contribution is 5.13. The van der Waals surface area contributed by atoms with Crippen LogP contribution in [0.3, 0.4) is 0 Å². The van der Waals surface area contributed by atoms with Crippen LogP contribution >= 0.6 is 0 Å². The molecule has 0 atom stereocenters. The van der Waals surface area contributed by atoms with Gasteiger partial charge in [-0.15, -0.1) is 0 Å². The molecule has 5 heteroatoms. The zero-order valence-corrected chi connectivity index (χ0v) is 8.39. The molecule has 0 radical (unpaired) electrons. The van der Waals surface area contributed by atoms with Gasteiger partial charge in [-0.05, 0) is 18.4 Å². The number of nitrogens with zero attached hydrogens (tertiary/aromatic N) is 2. The summed E-state index contributed by atoms with van der Waals surface area (Å²) in [6, 6.07) is 1.11. The average Bonchev–Trinajstić information content (AvgIpc) is 2.27. The van der Waals surface area contributed by atoms with Crippen molar-refractivity contribution in [3.63, 3.8) is 0 Å². The van der Waals surface area contributed by atoms with Gasteiger partial charge in [0.25, 0.3) is 0 Å². The summed E-state index contributed by atoms with van der Waals surface area (Å²) in [6.45, 7) is 3.89. The molecule has 80 valence electrons. The number of halogens is 3. The Labute approximate surface area is 80.7 Å². The Balaban J connectivity index is 2.94. The second kappa shape index (κ2) is 3.63. The fourth-order valence-electron chi connectivity index (χ4n) is 1.31. The highest BCUT2D eigenvalue weighted by Crippen LogP contribution is 2.29. The molecule has 0 fully saturated rings. The topological polar surface area (TPSA) is 17.8 Å². The van der Waals surface area contributed by atoms with Crippen LogP contribution < -0.4 is 0 Å². The lowest BCUT2D eigenvalue weighted by Crippen LogP contribution is -2.11. The van der Waals surface area contributed by atoms with Gasteiger partial charge in [0.05, 0.1) is 5.69 Å². The van der Waals surface area contributed by atoms with Crippen molar-refractivity contribution in [1.29, 1.82) is 0 Å². The van der Waals surface area contributed by atoms with E-state index in [0.29, 0.717) is 18.0 Å². The Kier molecular flexibility index (Phi) is 2.87. The molecule has 0 aliphatic heterocycles. The molecule has 2 nitrogen and oxygen atoms in total. The molecule has 14 heavy (non-hydrogen) atoms. The van der Waals surface area contributed by atoms with Gasteiger partial charge in [-0.3, -0.25) is 4.68 Å². The van der Waals surface area contributed by atoms with Crippen LogP contribution in [0.1, 0.15) is 25.2 Å². The molecule has 0 bridgehead atoms. The van der Waals surface area contributed by atoms with Crippen molar-refractivity contribution in [2.75, 3.05) is 0 Å². The standard InChI is InChI=1S/C9H13F3N2/c1-6(2)4-7-5-8(9(10,11)12)14(3)13-7/h5-6H,4H2,1-3H3. The van der Waals surface area contributed by atoms with Gasteiger partial charge < -0.3 is 0 Å². The predicted octanol–water partition coefficient (Wildman–Crippen LogP) is 2.64. The largest absolute Gasteiger partial charge is 0.433 e. The summed E-state index contributed by atoms with van der Waals surface area (Å²) in [4.78, 5) is 0. The zero-order valence-electron chi connectivity index (χ0n) is 8.39. The summed E-state index contributed by atoms with van der Waals surface area (Å²) in [6.07, 6.45) is -3.74. The van der Waals surface area contributed by atoms with Crippen molar-refractivity contribution in [2.45, 2.75) is 26.4 Å². The Hall–Kier alpha value is -1.00. The number of hydrogen-bond donors (Lipinski definition) is 0. The average molecular weight is 206 g/mol. The predicted molar refractivity (Wildman–Crippen MR) is 46.8 cm³/mol.